The van der Waals surface area contributed by atoms with Crippen molar-refractivity contribution in [3.05, 3.63) is 64.5 Å². The van der Waals surface area contributed by atoms with Crippen LogP contribution in [0.2, 0.25) is 5.02 Å². The Morgan fingerprint density at radius 3 is 2.76 bits per heavy atom. The summed E-state index contributed by atoms with van der Waals surface area (Å²) in [7, 11) is 0. The lowest BCUT2D eigenvalue weighted by Crippen LogP contribution is -2.36. The molecule has 10 heteroatoms. The van der Waals surface area contributed by atoms with Gasteiger partial charge in [-0.1, -0.05) is 17.7 Å². The van der Waals surface area contributed by atoms with Gasteiger partial charge >= 0.3 is 0 Å². The first-order valence-electron chi connectivity index (χ1n) is 13.5. The Labute approximate surface area is 226 Å². The Balaban J connectivity index is 0.921. The first kappa shape index (κ1) is 25.1. The van der Waals surface area contributed by atoms with Crippen LogP contribution in [-0.2, 0) is 24.2 Å². The minimum atomic E-state index is -0.393. The maximum Gasteiger partial charge on any atom is 0.227 e. The highest BCUT2D eigenvalue weighted by Crippen LogP contribution is 2.49. The summed E-state index contributed by atoms with van der Waals surface area (Å²) in [5, 5.41) is 7.54. The largest absolute Gasteiger partial charge is 0.493 e. The van der Waals surface area contributed by atoms with Gasteiger partial charge in [0.1, 0.15) is 11.6 Å². The molecule has 0 spiro atoms. The molecule has 8 nitrogen and oxygen atoms in total. The first-order chi connectivity index (χ1) is 18.5. The van der Waals surface area contributed by atoms with Crippen molar-refractivity contribution >= 4 is 23.5 Å². The molecule has 2 aromatic heterocycles. The van der Waals surface area contributed by atoms with E-state index < -0.39 is 5.82 Å². The third-order valence-electron chi connectivity index (χ3n) is 8.30. The molecule has 1 aliphatic carbocycles. The number of ether oxygens (including phenoxy) is 1. The topological polar surface area (TPSA) is 87.2 Å². The van der Waals surface area contributed by atoms with Gasteiger partial charge in [0.25, 0.3) is 0 Å². The van der Waals surface area contributed by atoms with Gasteiger partial charge in [-0.2, -0.15) is 5.10 Å². The van der Waals surface area contributed by atoms with Gasteiger partial charge in [0.15, 0.2) is 0 Å². The van der Waals surface area contributed by atoms with Gasteiger partial charge in [-0.05, 0) is 67.1 Å². The monoisotopic (exact) mass is 538 g/mol. The summed E-state index contributed by atoms with van der Waals surface area (Å²) in [4.78, 5) is 25.4. The second-order valence-corrected chi connectivity index (χ2v) is 11.1. The quantitative estimate of drug-likeness (QED) is 0.456. The molecular weight excluding hydrogens is 507 g/mol. The van der Waals surface area contributed by atoms with Crippen molar-refractivity contribution in [1.29, 1.82) is 0 Å². The van der Waals surface area contributed by atoms with E-state index in [0.717, 1.165) is 67.8 Å². The fourth-order valence-corrected chi connectivity index (χ4v) is 6.07. The Morgan fingerprint density at radius 2 is 1.97 bits per heavy atom. The van der Waals surface area contributed by atoms with Crippen molar-refractivity contribution in [1.82, 2.24) is 25.1 Å². The van der Waals surface area contributed by atoms with Crippen molar-refractivity contribution in [2.45, 2.75) is 45.1 Å². The molecule has 3 aromatic rings. The van der Waals surface area contributed by atoms with Gasteiger partial charge in [0.05, 0.1) is 48.9 Å². The number of rotatable bonds is 8. The second kappa shape index (κ2) is 10.9. The summed E-state index contributed by atoms with van der Waals surface area (Å²) in [6.07, 6.45) is 10.5. The molecule has 0 unspecified atom stereocenters. The van der Waals surface area contributed by atoms with Crippen LogP contribution in [0.1, 0.15) is 42.5 Å². The minimum Gasteiger partial charge on any atom is -0.493 e. The van der Waals surface area contributed by atoms with Gasteiger partial charge in [0.2, 0.25) is 11.9 Å². The van der Waals surface area contributed by atoms with Crippen molar-refractivity contribution in [3.63, 3.8) is 0 Å². The zero-order chi connectivity index (χ0) is 26.1. The maximum atomic E-state index is 14.8. The number of aromatic amines is 1. The molecule has 2 atom stereocenters. The number of hydrogen-bond donors (Lipinski definition) is 1. The number of nitrogens with one attached hydrogen (secondary N) is 1. The molecule has 0 bridgehead atoms. The lowest BCUT2D eigenvalue weighted by Gasteiger charge is -2.32. The van der Waals surface area contributed by atoms with Gasteiger partial charge < -0.3 is 14.5 Å². The number of amides is 1. The number of benzene rings is 1. The van der Waals surface area contributed by atoms with Crippen LogP contribution in [0.25, 0.3) is 0 Å². The third-order valence-corrected chi connectivity index (χ3v) is 8.49. The van der Waals surface area contributed by atoms with E-state index in [0.29, 0.717) is 41.9 Å². The molecule has 2 aliphatic heterocycles. The highest BCUT2D eigenvalue weighted by atomic mass is 35.5. The van der Waals surface area contributed by atoms with Crippen LogP contribution in [0.4, 0.5) is 10.3 Å². The van der Waals surface area contributed by atoms with E-state index in [9.17, 15) is 9.18 Å². The average molecular weight is 539 g/mol. The van der Waals surface area contributed by atoms with Gasteiger partial charge in [0, 0.05) is 25.7 Å². The highest BCUT2D eigenvalue weighted by Gasteiger charge is 2.43. The number of carbonyl (C=O) groups excluding carboxylic acids is 1. The molecule has 6 rings (SSSR count). The molecule has 1 amide bonds. The van der Waals surface area contributed by atoms with Gasteiger partial charge in [-0.25, -0.2) is 14.4 Å². The molecule has 38 heavy (non-hydrogen) atoms. The van der Waals surface area contributed by atoms with Crippen LogP contribution in [0.5, 0.6) is 5.75 Å². The van der Waals surface area contributed by atoms with Crippen LogP contribution in [0.3, 0.4) is 0 Å². The summed E-state index contributed by atoms with van der Waals surface area (Å²) < 4.78 is 20.6. The predicted octanol–water partition coefficient (Wildman–Crippen LogP) is 4.44. The summed E-state index contributed by atoms with van der Waals surface area (Å²) in [6, 6.07) is 4.85. The van der Waals surface area contributed by atoms with Crippen molar-refractivity contribution in [2.24, 2.45) is 17.8 Å². The van der Waals surface area contributed by atoms with Crippen molar-refractivity contribution in [3.8, 4) is 5.75 Å². The number of aromatic nitrogens is 4. The number of halogens is 2. The Bertz CT molecular complexity index is 1280. The summed E-state index contributed by atoms with van der Waals surface area (Å²) in [5.41, 5.74) is 2.51. The molecule has 4 heterocycles. The summed E-state index contributed by atoms with van der Waals surface area (Å²) in [6.45, 7) is 3.65. The lowest BCUT2D eigenvalue weighted by molar-refractivity contribution is -0.131. The fraction of sp³-hybridized carbons (Fsp3) is 0.500. The number of piperidine rings is 1. The van der Waals surface area contributed by atoms with Gasteiger partial charge in [-0.3, -0.25) is 9.89 Å². The molecule has 1 saturated carbocycles. The van der Waals surface area contributed by atoms with Crippen LogP contribution < -0.4 is 9.64 Å². The van der Waals surface area contributed by atoms with Crippen LogP contribution in [0, 0.1) is 23.6 Å². The van der Waals surface area contributed by atoms with Crippen LogP contribution in [-0.4, -0.2) is 57.2 Å². The molecule has 2 fully saturated rings. The number of fused-ring (bicyclic) bond motifs is 1. The molecule has 1 aromatic carbocycles. The number of nitrogens with zero attached hydrogens (tertiary/aromatic N) is 5. The third kappa shape index (κ3) is 5.62. The number of carbonyl (C=O) groups is 1. The SMILES string of the molecule is O=C(Cc1ccc(OCC[C@@H]2C[C@@H]2C2CCN(c3ncc(Cl)cn3)CC2)cc1F)N1CCc2cn[nH]c2C1. The predicted molar refractivity (Wildman–Crippen MR) is 142 cm³/mol. The molecule has 0 radical (unpaired) electrons. The summed E-state index contributed by atoms with van der Waals surface area (Å²) >= 11 is 5.90. The average Bonchev–Trinajstić information content (AvgIpc) is 3.55. The molecular formula is C28H32ClFN6O2. The van der Waals surface area contributed by atoms with E-state index in [-0.39, 0.29) is 12.3 Å². The molecule has 200 valence electrons. The first-order valence-corrected chi connectivity index (χ1v) is 13.8. The number of H-pyrrole nitrogens is 1. The van der Waals surface area contributed by atoms with E-state index in [1.807, 2.05) is 0 Å². The van der Waals surface area contributed by atoms with Crippen molar-refractivity contribution < 1.29 is 13.9 Å². The molecule has 1 saturated heterocycles. The van der Waals surface area contributed by atoms with Gasteiger partial charge in [-0.15, -0.1) is 0 Å². The summed E-state index contributed by atoms with van der Waals surface area (Å²) in [5.74, 6) is 2.98. The zero-order valence-electron chi connectivity index (χ0n) is 21.3. The van der Waals surface area contributed by atoms with E-state index in [1.165, 1.54) is 12.5 Å². The van der Waals surface area contributed by atoms with E-state index in [4.69, 9.17) is 16.3 Å². The number of anilines is 1. The Morgan fingerprint density at radius 1 is 1.16 bits per heavy atom. The van der Waals surface area contributed by atoms with Crippen molar-refractivity contribution in [2.75, 3.05) is 31.1 Å². The van der Waals surface area contributed by atoms with E-state index >= 15 is 0 Å². The molecule has 1 N–H and O–H groups in total. The standard InChI is InChI=1S/C28H32ClFN6O2/c29-22-15-31-28(32-16-22)35-7-3-18(4-8-35)24-11-19(24)6-10-38-23-2-1-20(25(30)13-23)12-27(37)36-9-5-21-14-33-34-26(21)17-36/h1-2,13-16,18-19,24H,3-12,17H2,(H,33,34)/t19-,24-/m1/s1. The normalized spacial score (nSPS) is 21.3. The minimum absolute atomic E-state index is 0.0439. The second-order valence-electron chi connectivity index (χ2n) is 10.7. The maximum absolute atomic E-state index is 14.8. The Kier molecular flexibility index (Phi) is 7.19. The zero-order valence-corrected chi connectivity index (χ0v) is 22.0. The lowest BCUT2D eigenvalue weighted by atomic mass is 9.90. The highest BCUT2D eigenvalue weighted by molar-refractivity contribution is 6.30. The Hall–Kier alpha value is -3.20. The van der Waals surface area contributed by atoms with E-state index in [1.54, 1.807) is 35.6 Å². The van der Waals surface area contributed by atoms with Crippen LogP contribution in [0.15, 0.2) is 36.8 Å². The fourth-order valence-electron chi connectivity index (χ4n) is 5.97. The molecule has 3 aliphatic rings. The smallest absolute Gasteiger partial charge is 0.227 e. The van der Waals surface area contributed by atoms with E-state index in [2.05, 4.69) is 25.1 Å². The van der Waals surface area contributed by atoms with Crippen LogP contribution >= 0.6 is 11.6 Å². The number of hydrogen-bond acceptors (Lipinski definition) is 6.